The van der Waals surface area contributed by atoms with Gasteiger partial charge in [-0.15, -0.1) is 11.8 Å². The molecule has 1 N–H and O–H groups in total. The van der Waals surface area contributed by atoms with E-state index in [4.69, 9.17) is 9.47 Å². The second kappa shape index (κ2) is 10.2. The molecule has 0 spiro atoms. The van der Waals surface area contributed by atoms with Crippen molar-refractivity contribution in [1.82, 2.24) is 4.90 Å². The number of carbonyl (C=O) groups excluding carboxylic acids is 3. The number of carbonyl (C=O) groups is 3. The zero-order valence-corrected chi connectivity index (χ0v) is 19.5. The van der Waals surface area contributed by atoms with E-state index in [9.17, 15) is 14.4 Å². The van der Waals surface area contributed by atoms with Gasteiger partial charge in [-0.3, -0.25) is 14.4 Å². The monoisotopic (exact) mass is 469 g/mol. The van der Waals surface area contributed by atoms with Crippen LogP contribution in [0.25, 0.3) is 0 Å². The first-order valence-corrected chi connectivity index (χ1v) is 11.8. The standard InChI is InChI=1S/C24H27N3O5S/c1-31-18-11-10-16(14-19(18)32-2)25-21(28)15-27-17-8-4-5-9-20(17)33-22(24(27)30)23(29)26-12-6-3-7-13-26/h4-5,8-11,14,22H,3,6-7,12-13,15H2,1-2H3,(H,25,28)/t22-/m1/s1. The Balaban J connectivity index is 1.53. The number of fused-ring (bicyclic) bond motifs is 1. The number of benzene rings is 2. The number of para-hydroxylation sites is 1. The molecule has 2 aliphatic heterocycles. The van der Waals surface area contributed by atoms with Gasteiger partial charge in [-0.25, -0.2) is 0 Å². The Morgan fingerprint density at radius 3 is 2.48 bits per heavy atom. The Kier molecular flexibility index (Phi) is 7.08. The van der Waals surface area contributed by atoms with Crippen LogP contribution in [0.1, 0.15) is 19.3 Å². The van der Waals surface area contributed by atoms with E-state index < -0.39 is 5.25 Å². The van der Waals surface area contributed by atoms with Gasteiger partial charge in [0.1, 0.15) is 6.54 Å². The molecule has 1 saturated heterocycles. The number of methoxy groups -OCH3 is 2. The van der Waals surface area contributed by atoms with Crippen molar-refractivity contribution in [2.45, 2.75) is 29.4 Å². The summed E-state index contributed by atoms with van der Waals surface area (Å²) in [6.45, 7) is 1.14. The van der Waals surface area contributed by atoms with Crippen molar-refractivity contribution < 1.29 is 23.9 Å². The van der Waals surface area contributed by atoms with Crippen LogP contribution in [0.5, 0.6) is 11.5 Å². The predicted octanol–water partition coefficient (Wildman–Crippen LogP) is 3.16. The summed E-state index contributed by atoms with van der Waals surface area (Å²) in [5.41, 5.74) is 1.16. The number of nitrogens with zero attached hydrogens (tertiary/aromatic N) is 2. The Labute approximate surface area is 197 Å². The van der Waals surface area contributed by atoms with Crippen molar-refractivity contribution in [1.29, 1.82) is 0 Å². The normalized spacial score (nSPS) is 17.9. The first-order chi connectivity index (χ1) is 16.0. The van der Waals surface area contributed by atoms with Gasteiger partial charge in [-0.05, 0) is 43.5 Å². The van der Waals surface area contributed by atoms with Gasteiger partial charge in [-0.1, -0.05) is 12.1 Å². The Morgan fingerprint density at radius 2 is 1.76 bits per heavy atom. The Hall–Kier alpha value is -3.20. The number of rotatable bonds is 6. The first kappa shape index (κ1) is 23.0. The van der Waals surface area contributed by atoms with Crippen molar-refractivity contribution in [3.05, 3.63) is 42.5 Å². The van der Waals surface area contributed by atoms with Gasteiger partial charge in [0.2, 0.25) is 11.8 Å². The number of thioether (sulfide) groups is 1. The molecule has 174 valence electrons. The number of amides is 3. The molecule has 2 aliphatic rings. The Morgan fingerprint density at radius 1 is 1.03 bits per heavy atom. The molecular formula is C24H27N3O5S. The van der Waals surface area contributed by atoms with Gasteiger partial charge < -0.3 is 24.6 Å². The van der Waals surface area contributed by atoms with Gasteiger partial charge in [0.25, 0.3) is 5.91 Å². The molecule has 9 heteroatoms. The van der Waals surface area contributed by atoms with E-state index in [-0.39, 0.29) is 24.3 Å². The summed E-state index contributed by atoms with van der Waals surface area (Å²) in [4.78, 5) is 43.4. The highest BCUT2D eigenvalue weighted by molar-refractivity contribution is 8.01. The van der Waals surface area contributed by atoms with E-state index in [1.165, 1.54) is 30.9 Å². The van der Waals surface area contributed by atoms with Crippen LogP contribution in [0.3, 0.4) is 0 Å². The summed E-state index contributed by atoms with van der Waals surface area (Å²) in [5.74, 6) is 0.118. The van der Waals surface area contributed by atoms with Crippen LogP contribution in [0.2, 0.25) is 0 Å². The fraction of sp³-hybridized carbons (Fsp3) is 0.375. The van der Waals surface area contributed by atoms with Crippen LogP contribution in [0.4, 0.5) is 11.4 Å². The summed E-state index contributed by atoms with van der Waals surface area (Å²) in [6, 6.07) is 12.4. The van der Waals surface area contributed by atoms with E-state index >= 15 is 0 Å². The molecule has 8 nitrogen and oxygen atoms in total. The molecule has 2 heterocycles. The van der Waals surface area contributed by atoms with Crippen LogP contribution in [0.15, 0.2) is 47.4 Å². The first-order valence-electron chi connectivity index (χ1n) is 10.9. The number of hydrogen-bond donors (Lipinski definition) is 1. The number of hydrogen-bond acceptors (Lipinski definition) is 6. The van der Waals surface area contributed by atoms with Crippen LogP contribution >= 0.6 is 11.8 Å². The molecule has 4 rings (SSSR count). The predicted molar refractivity (Wildman–Crippen MR) is 127 cm³/mol. The maximum atomic E-state index is 13.4. The largest absolute Gasteiger partial charge is 0.493 e. The second-order valence-corrected chi connectivity index (χ2v) is 9.04. The number of anilines is 2. The fourth-order valence-corrected chi connectivity index (χ4v) is 5.26. The van der Waals surface area contributed by atoms with E-state index in [2.05, 4.69) is 5.32 Å². The number of piperidine rings is 1. The van der Waals surface area contributed by atoms with E-state index in [0.717, 1.165) is 24.2 Å². The van der Waals surface area contributed by atoms with E-state index in [1.807, 2.05) is 18.2 Å². The highest BCUT2D eigenvalue weighted by Crippen LogP contribution is 2.40. The molecule has 0 saturated carbocycles. The van der Waals surface area contributed by atoms with Crippen molar-refractivity contribution >= 4 is 40.9 Å². The lowest BCUT2D eigenvalue weighted by molar-refractivity contribution is -0.135. The summed E-state index contributed by atoms with van der Waals surface area (Å²) in [7, 11) is 3.05. The van der Waals surface area contributed by atoms with E-state index in [1.54, 1.807) is 29.2 Å². The highest BCUT2D eigenvalue weighted by atomic mass is 32.2. The molecule has 1 fully saturated rings. The molecule has 0 radical (unpaired) electrons. The third-order valence-electron chi connectivity index (χ3n) is 5.75. The molecule has 0 bridgehead atoms. The van der Waals surface area contributed by atoms with Crippen molar-refractivity contribution in [3.8, 4) is 11.5 Å². The van der Waals surface area contributed by atoms with Gasteiger partial charge in [0.05, 0.1) is 19.9 Å². The van der Waals surface area contributed by atoms with Gasteiger partial charge in [-0.2, -0.15) is 0 Å². The zero-order valence-electron chi connectivity index (χ0n) is 18.7. The minimum atomic E-state index is -0.883. The minimum Gasteiger partial charge on any atom is -0.493 e. The molecule has 2 aromatic rings. The van der Waals surface area contributed by atoms with Crippen LogP contribution in [-0.4, -0.2) is 61.7 Å². The molecular weight excluding hydrogens is 442 g/mol. The molecule has 33 heavy (non-hydrogen) atoms. The van der Waals surface area contributed by atoms with Gasteiger partial charge in [0.15, 0.2) is 16.7 Å². The SMILES string of the molecule is COc1ccc(NC(=O)CN2C(=O)[C@@H](C(=O)N3CCCCC3)Sc3ccccc32)cc1OC. The van der Waals surface area contributed by atoms with Crippen molar-refractivity contribution in [2.75, 3.05) is 44.1 Å². The van der Waals surface area contributed by atoms with Gasteiger partial charge >= 0.3 is 0 Å². The average Bonchev–Trinajstić information content (AvgIpc) is 2.85. The van der Waals surface area contributed by atoms with Crippen LogP contribution < -0.4 is 19.7 Å². The van der Waals surface area contributed by atoms with Crippen LogP contribution in [-0.2, 0) is 14.4 Å². The van der Waals surface area contributed by atoms with E-state index in [0.29, 0.717) is 36.0 Å². The van der Waals surface area contributed by atoms with Crippen LogP contribution in [0, 0.1) is 0 Å². The smallest absolute Gasteiger partial charge is 0.250 e. The maximum Gasteiger partial charge on any atom is 0.250 e. The third kappa shape index (κ3) is 4.93. The average molecular weight is 470 g/mol. The number of likely N-dealkylation sites (tertiary alicyclic amines) is 1. The Bertz CT molecular complexity index is 1050. The lowest BCUT2D eigenvalue weighted by atomic mass is 10.1. The molecule has 1 atom stereocenters. The summed E-state index contributed by atoms with van der Waals surface area (Å²) < 4.78 is 10.5. The highest BCUT2D eigenvalue weighted by Gasteiger charge is 2.41. The van der Waals surface area contributed by atoms with Crippen molar-refractivity contribution in [2.24, 2.45) is 0 Å². The molecule has 0 unspecified atom stereocenters. The molecule has 3 amide bonds. The maximum absolute atomic E-state index is 13.4. The second-order valence-electron chi connectivity index (χ2n) is 7.89. The zero-order chi connectivity index (χ0) is 23.4. The summed E-state index contributed by atoms with van der Waals surface area (Å²) >= 11 is 1.27. The molecule has 0 aromatic heterocycles. The minimum absolute atomic E-state index is 0.176. The van der Waals surface area contributed by atoms with Crippen molar-refractivity contribution in [3.63, 3.8) is 0 Å². The summed E-state index contributed by atoms with van der Waals surface area (Å²) in [6.07, 6.45) is 3.00. The molecule has 2 aromatic carbocycles. The molecule has 0 aliphatic carbocycles. The fourth-order valence-electron chi connectivity index (χ4n) is 4.07. The van der Waals surface area contributed by atoms with Gasteiger partial charge in [0, 0.05) is 29.7 Å². The third-order valence-corrected chi connectivity index (χ3v) is 6.99. The number of ether oxygens (including phenoxy) is 2. The summed E-state index contributed by atoms with van der Waals surface area (Å²) in [5, 5.41) is 1.92. The lowest BCUT2D eigenvalue weighted by Crippen LogP contribution is -2.52. The topological polar surface area (TPSA) is 88.2 Å². The lowest BCUT2D eigenvalue weighted by Gasteiger charge is -2.36. The quantitative estimate of drug-likeness (QED) is 0.654. The number of nitrogens with one attached hydrogen (secondary N) is 1.